The minimum absolute atomic E-state index is 0.0237. The molecule has 21 heavy (non-hydrogen) atoms. The van der Waals surface area contributed by atoms with Crippen LogP contribution in [0.15, 0.2) is 23.1 Å². The Labute approximate surface area is 126 Å². The molecule has 0 heterocycles. The summed E-state index contributed by atoms with van der Waals surface area (Å²) in [6.07, 6.45) is 3.02. The Morgan fingerprint density at radius 3 is 2.43 bits per heavy atom. The third-order valence-electron chi connectivity index (χ3n) is 3.45. The normalized spacial score (nSPS) is 14.5. The molecule has 5 nitrogen and oxygen atoms in total. The molecule has 3 N–H and O–H groups in total. The molecule has 2 unspecified atom stereocenters. The van der Waals surface area contributed by atoms with E-state index in [-0.39, 0.29) is 28.1 Å². The van der Waals surface area contributed by atoms with Gasteiger partial charge in [0.15, 0.2) is 9.84 Å². The average molecular weight is 312 g/mol. The number of amides is 1. The van der Waals surface area contributed by atoms with E-state index in [9.17, 15) is 13.2 Å². The summed E-state index contributed by atoms with van der Waals surface area (Å²) in [6.45, 7) is 6.17. The van der Waals surface area contributed by atoms with Gasteiger partial charge in [-0.3, -0.25) is 4.79 Å². The molecule has 2 atom stereocenters. The van der Waals surface area contributed by atoms with Crippen molar-refractivity contribution in [2.24, 2.45) is 5.92 Å². The van der Waals surface area contributed by atoms with Gasteiger partial charge < -0.3 is 11.1 Å². The third-order valence-corrected chi connectivity index (χ3v) is 4.54. The first-order valence-corrected chi connectivity index (χ1v) is 8.94. The lowest BCUT2D eigenvalue weighted by Gasteiger charge is -2.18. The summed E-state index contributed by atoms with van der Waals surface area (Å²) in [5.74, 6) is 0.218. The zero-order valence-electron chi connectivity index (χ0n) is 13.0. The van der Waals surface area contributed by atoms with Crippen molar-refractivity contribution < 1.29 is 13.2 Å². The molecule has 0 radical (unpaired) electrons. The molecule has 118 valence electrons. The number of hydrogen-bond acceptors (Lipinski definition) is 4. The van der Waals surface area contributed by atoms with Crippen molar-refractivity contribution in [2.45, 2.75) is 44.6 Å². The Hall–Kier alpha value is -1.56. The van der Waals surface area contributed by atoms with Crippen molar-refractivity contribution in [1.29, 1.82) is 0 Å². The second kappa shape index (κ2) is 6.93. The largest absolute Gasteiger partial charge is 0.399 e. The topological polar surface area (TPSA) is 89.3 Å². The quantitative estimate of drug-likeness (QED) is 0.788. The monoisotopic (exact) mass is 312 g/mol. The summed E-state index contributed by atoms with van der Waals surface area (Å²) in [4.78, 5) is 12.3. The number of nitrogens with one attached hydrogen (secondary N) is 1. The molecule has 1 amide bonds. The lowest BCUT2D eigenvalue weighted by atomic mass is 10.00. The molecular formula is C15H24N2O3S. The molecule has 1 aromatic rings. The Morgan fingerprint density at radius 1 is 1.29 bits per heavy atom. The maximum atomic E-state index is 12.2. The fourth-order valence-corrected chi connectivity index (χ4v) is 2.79. The van der Waals surface area contributed by atoms with E-state index < -0.39 is 9.84 Å². The van der Waals surface area contributed by atoms with Crippen LogP contribution in [-0.4, -0.2) is 26.6 Å². The van der Waals surface area contributed by atoms with Crippen LogP contribution < -0.4 is 11.1 Å². The number of carbonyl (C=O) groups is 1. The summed E-state index contributed by atoms with van der Waals surface area (Å²) in [5.41, 5.74) is 6.21. The molecular weight excluding hydrogens is 288 g/mol. The lowest BCUT2D eigenvalue weighted by molar-refractivity contribution is 0.0935. The highest BCUT2D eigenvalue weighted by atomic mass is 32.2. The van der Waals surface area contributed by atoms with Crippen LogP contribution in [0.1, 0.15) is 44.0 Å². The Kier molecular flexibility index (Phi) is 5.78. The van der Waals surface area contributed by atoms with E-state index in [2.05, 4.69) is 19.2 Å². The Morgan fingerprint density at radius 2 is 1.90 bits per heavy atom. The second-order valence-electron chi connectivity index (χ2n) is 5.69. The molecule has 0 aliphatic rings. The predicted octanol–water partition coefficient (Wildman–Crippen LogP) is 2.23. The molecule has 6 heteroatoms. The van der Waals surface area contributed by atoms with Gasteiger partial charge in [-0.1, -0.05) is 20.3 Å². The van der Waals surface area contributed by atoms with E-state index in [1.54, 1.807) is 0 Å². The number of rotatable bonds is 6. The zero-order valence-corrected chi connectivity index (χ0v) is 13.8. The number of carbonyl (C=O) groups excluding carboxylic acids is 1. The average Bonchev–Trinajstić information content (AvgIpc) is 2.36. The maximum absolute atomic E-state index is 12.2. The summed E-state index contributed by atoms with van der Waals surface area (Å²) >= 11 is 0. The highest BCUT2D eigenvalue weighted by Gasteiger charge is 2.16. The first-order chi connectivity index (χ1) is 9.63. The van der Waals surface area contributed by atoms with Gasteiger partial charge in [0.05, 0.1) is 4.90 Å². The second-order valence-corrected chi connectivity index (χ2v) is 7.70. The predicted molar refractivity (Wildman–Crippen MR) is 85.0 cm³/mol. The van der Waals surface area contributed by atoms with Crippen LogP contribution in [0.2, 0.25) is 0 Å². The summed E-state index contributed by atoms with van der Waals surface area (Å²) < 4.78 is 23.2. The molecule has 0 saturated heterocycles. The Bertz CT molecular complexity index is 611. The van der Waals surface area contributed by atoms with Crippen molar-refractivity contribution in [3.63, 3.8) is 0 Å². The van der Waals surface area contributed by atoms with E-state index >= 15 is 0 Å². The molecule has 0 spiro atoms. The molecule has 0 aliphatic heterocycles. The van der Waals surface area contributed by atoms with Gasteiger partial charge in [0.1, 0.15) is 0 Å². The maximum Gasteiger partial charge on any atom is 0.251 e. The number of anilines is 1. The highest BCUT2D eigenvalue weighted by molar-refractivity contribution is 7.90. The van der Waals surface area contributed by atoms with Crippen molar-refractivity contribution in [1.82, 2.24) is 5.32 Å². The molecule has 0 fully saturated rings. The molecule has 0 aromatic heterocycles. The van der Waals surface area contributed by atoms with Gasteiger partial charge in [-0.15, -0.1) is 0 Å². The molecule has 0 bridgehead atoms. The summed E-state index contributed by atoms with van der Waals surface area (Å²) in [7, 11) is -3.39. The van der Waals surface area contributed by atoms with Crippen molar-refractivity contribution >= 4 is 21.4 Å². The van der Waals surface area contributed by atoms with Crippen LogP contribution in [0.4, 0.5) is 5.69 Å². The first kappa shape index (κ1) is 17.5. The summed E-state index contributed by atoms with van der Waals surface area (Å²) in [6, 6.07) is 4.22. The van der Waals surface area contributed by atoms with Crippen LogP contribution in [0.25, 0.3) is 0 Å². The summed E-state index contributed by atoms with van der Waals surface area (Å²) in [5, 5.41) is 2.88. The lowest BCUT2D eigenvalue weighted by Crippen LogP contribution is -2.33. The van der Waals surface area contributed by atoms with Crippen LogP contribution >= 0.6 is 0 Å². The van der Waals surface area contributed by atoms with Crippen LogP contribution in [0.5, 0.6) is 0 Å². The van der Waals surface area contributed by atoms with Crippen LogP contribution in [0, 0.1) is 5.92 Å². The molecule has 0 saturated carbocycles. The minimum atomic E-state index is -3.39. The van der Waals surface area contributed by atoms with E-state index in [1.165, 1.54) is 18.2 Å². The van der Waals surface area contributed by atoms with Gasteiger partial charge in [0, 0.05) is 23.5 Å². The fraction of sp³-hybridized carbons (Fsp3) is 0.533. The zero-order chi connectivity index (χ0) is 16.2. The Balaban J connectivity index is 2.91. The standard InChI is InChI=1S/C15H24N2O3S/c1-5-10(2)6-11(3)17-15(18)12-7-13(16)9-14(8-12)21(4,19)20/h7-11H,5-6,16H2,1-4H3,(H,17,18). The number of sulfone groups is 1. The van der Waals surface area contributed by atoms with Gasteiger partial charge >= 0.3 is 0 Å². The van der Waals surface area contributed by atoms with Crippen LogP contribution in [-0.2, 0) is 9.84 Å². The number of nitrogens with two attached hydrogens (primary N) is 1. The number of hydrogen-bond donors (Lipinski definition) is 2. The van der Waals surface area contributed by atoms with E-state index in [0.29, 0.717) is 5.92 Å². The van der Waals surface area contributed by atoms with Crippen molar-refractivity contribution in [3.05, 3.63) is 23.8 Å². The van der Waals surface area contributed by atoms with Gasteiger partial charge in [-0.25, -0.2) is 8.42 Å². The minimum Gasteiger partial charge on any atom is -0.399 e. The van der Waals surface area contributed by atoms with Gasteiger partial charge in [0.2, 0.25) is 0 Å². The molecule has 1 aromatic carbocycles. The van der Waals surface area contributed by atoms with Gasteiger partial charge in [-0.05, 0) is 37.5 Å². The van der Waals surface area contributed by atoms with Gasteiger partial charge in [-0.2, -0.15) is 0 Å². The smallest absolute Gasteiger partial charge is 0.251 e. The fourth-order valence-electron chi connectivity index (χ4n) is 2.10. The number of nitrogen functional groups attached to an aromatic ring is 1. The first-order valence-electron chi connectivity index (χ1n) is 7.05. The van der Waals surface area contributed by atoms with Gasteiger partial charge in [0.25, 0.3) is 5.91 Å². The highest BCUT2D eigenvalue weighted by Crippen LogP contribution is 2.17. The van der Waals surface area contributed by atoms with Crippen molar-refractivity contribution in [2.75, 3.05) is 12.0 Å². The van der Waals surface area contributed by atoms with Crippen LogP contribution in [0.3, 0.4) is 0 Å². The molecule has 1 rings (SSSR count). The third kappa shape index (κ3) is 5.38. The van der Waals surface area contributed by atoms with Crippen molar-refractivity contribution in [3.8, 4) is 0 Å². The van der Waals surface area contributed by atoms with E-state index in [1.807, 2.05) is 6.92 Å². The SMILES string of the molecule is CCC(C)CC(C)NC(=O)c1cc(N)cc(S(C)(=O)=O)c1. The molecule has 0 aliphatic carbocycles. The van der Waals surface area contributed by atoms with E-state index in [0.717, 1.165) is 19.1 Å². The van der Waals surface area contributed by atoms with E-state index in [4.69, 9.17) is 5.73 Å². The number of benzene rings is 1.